The van der Waals surface area contributed by atoms with Gasteiger partial charge in [0.25, 0.3) is 0 Å². The van der Waals surface area contributed by atoms with Crippen LogP contribution < -0.4 is 5.32 Å². The largest absolute Gasteiger partial charge is 0.383 e. The zero-order valence-electron chi connectivity index (χ0n) is 14.3. The van der Waals surface area contributed by atoms with Gasteiger partial charge < -0.3 is 10.1 Å². The molecule has 2 unspecified atom stereocenters. The van der Waals surface area contributed by atoms with Gasteiger partial charge in [0.05, 0.1) is 25.3 Å². The van der Waals surface area contributed by atoms with Crippen LogP contribution in [0.4, 0.5) is 0 Å². The summed E-state index contributed by atoms with van der Waals surface area (Å²) < 4.78 is 6.72. The predicted octanol–water partition coefficient (Wildman–Crippen LogP) is -0.0463. The van der Waals surface area contributed by atoms with E-state index in [0.29, 0.717) is 30.8 Å². The Bertz CT molecular complexity index is 602. The van der Waals surface area contributed by atoms with Crippen molar-refractivity contribution in [2.45, 2.75) is 32.4 Å². The maximum atomic E-state index is 12.3. The third kappa shape index (κ3) is 3.64. The van der Waals surface area contributed by atoms with E-state index in [0.717, 1.165) is 32.5 Å². The second kappa shape index (κ2) is 7.40. The average molecular weight is 335 g/mol. The smallest absolute Gasteiger partial charge is 0.224 e. The molecule has 0 radical (unpaired) electrons. The molecule has 1 aromatic rings. The van der Waals surface area contributed by atoms with Gasteiger partial charge in [-0.3, -0.25) is 19.2 Å². The Morgan fingerprint density at radius 2 is 2.29 bits per heavy atom. The van der Waals surface area contributed by atoms with Gasteiger partial charge in [0.1, 0.15) is 5.69 Å². The van der Waals surface area contributed by atoms with E-state index in [1.165, 1.54) is 6.92 Å². The zero-order chi connectivity index (χ0) is 17.1. The number of carbonyl (C=O) groups excluding carboxylic acids is 2. The Hall–Kier alpha value is -1.80. The number of amides is 1. The first kappa shape index (κ1) is 17.0. The fourth-order valence-corrected chi connectivity index (χ4v) is 3.80. The number of ether oxygens (including phenoxy) is 1. The van der Waals surface area contributed by atoms with Crippen LogP contribution >= 0.6 is 0 Å². The lowest BCUT2D eigenvalue weighted by atomic mass is 9.75. The first-order valence-electron chi connectivity index (χ1n) is 8.50. The minimum absolute atomic E-state index is 0.0652. The van der Waals surface area contributed by atoms with Crippen LogP contribution in [0, 0.1) is 11.8 Å². The summed E-state index contributed by atoms with van der Waals surface area (Å²) in [4.78, 5) is 26.0. The lowest BCUT2D eigenvalue weighted by Crippen LogP contribution is -2.58. The molecule has 1 amide bonds. The minimum Gasteiger partial charge on any atom is -0.383 e. The van der Waals surface area contributed by atoms with Crippen molar-refractivity contribution in [3.05, 3.63) is 11.9 Å². The molecular weight excluding hydrogens is 310 g/mol. The summed E-state index contributed by atoms with van der Waals surface area (Å²) in [5, 5.41) is 10.9. The standard InChI is InChI=1S/C16H25N5O3/c1-11(22)15-10-21(19-18-15)8-13-7-12-3-5-20(13)9-14(12)16(23)17-4-6-24-2/h10,12-14H,3-9H2,1-2H3,(H,17,23)/t12?,13-,14+/m1/s1. The molecule has 2 bridgehead atoms. The molecule has 3 aliphatic heterocycles. The molecule has 0 spiro atoms. The van der Waals surface area contributed by atoms with E-state index in [4.69, 9.17) is 4.74 Å². The number of hydrogen-bond donors (Lipinski definition) is 1. The van der Waals surface area contributed by atoms with Crippen molar-refractivity contribution in [1.29, 1.82) is 0 Å². The average Bonchev–Trinajstić information content (AvgIpc) is 3.04. The third-order valence-corrected chi connectivity index (χ3v) is 5.12. The molecular formula is C16H25N5O3. The van der Waals surface area contributed by atoms with Crippen LogP contribution in [0.5, 0.6) is 0 Å². The summed E-state index contributed by atoms with van der Waals surface area (Å²) in [6.07, 6.45) is 3.76. The molecule has 4 heterocycles. The van der Waals surface area contributed by atoms with Crippen molar-refractivity contribution >= 4 is 11.7 Å². The summed E-state index contributed by atoms with van der Waals surface area (Å²) in [5.41, 5.74) is 0.404. The van der Waals surface area contributed by atoms with Gasteiger partial charge in [0.15, 0.2) is 5.78 Å². The van der Waals surface area contributed by atoms with E-state index in [1.54, 1.807) is 18.0 Å². The lowest BCUT2D eigenvalue weighted by molar-refractivity contribution is -0.133. The van der Waals surface area contributed by atoms with Crippen LogP contribution in [0.25, 0.3) is 0 Å². The van der Waals surface area contributed by atoms with Gasteiger partial charge in [-0.05, 0) is 25.3 Å². The van der Waals surface area contributed by atoms with E-state index in [9.17, 15) is 9.59 Å². The molecule has 8 nitrogen and oxygen atoms in total. The third-order valence-electron chi connectivity index (χ3n) is 5.12. The molecule has 1 N–H and O–H groups in total. The van der Waals surface area contributed by atoms with Crippen molar-refractivity contribution in [2.75, 3.05) is 33.4 Å². The number of piperidine rings is 3. The van der Waals surface area contributed by atoms with Crippen LogP contribution in [0.3, 0.4) is 0 Å². The predicted molar refractivity (Wildman–Crippen MR) is 86.5 cm³/mol. The number of nitrogens with one attached hydrogen (secondary N) is 1. The summed E-state index contributed by atoms with van der Waals surface area (Å²) in [6, 6.07) is 0.355. The molecule has 3 aliphatic rings. The van der Waals surface area contributed by atoms with Gasteiger partial charge >= 0.3 is 0 Å². The summed E-state index contributed by atoms with van der Waals surface area (Å²) in [6.45, 7) is 5.13. The highest BCUT2D eigenvalue weighted by Gasteiger charge is 2.43. The highest BCUT2D eigenvalue weighted by Crippen LogP contribution is 2.36. The lowest BCUT2D eigenvalue weighted by Gasteiger charge is -2.49. The van der Waals surface area contributed by atoms with Crippen molar-refractivity contribution in [3.8, 4) is 0 Å². The first-order valence-corrected chi connectivity index (χ1v) is 8.50. The number of ketones is 1. The second-order valence-electron chi connectivity index (χ2n) is 6.71. The molecule has 0 aromatic carbocycles. The number of hydrogen-bond acceptors (Lipinski definition) is 6. The van der Waals surface area contributed by atoms with Gasteiger partial charge in [-0.15, -0.1) is 5.10 Å². The maximum Gasteiger partial charge on any atom is 0.224 e. The zero-order valence-corrected chi connectivity index (χ0v) is 14.3. The number of aromatic nitrogens is 3. The van der Waals surface area contributed by atoms with Crippen molar-refractivity contribution < 1.29 is 14.3 Å². The van der Waals surface area contributed by atoms with E-state index in [1.807, 2.05) is 0 Å². The van der Waals surface area contributed by atoms with Gasteiger partial charge in [-0.1, -0.05) is 5.21 Å². The van der Waals surface area contributed by atoms with E-state index in [2.05, 4.69) is 20.5 Å². The molecule has 3 saturated heterocycles. The Kier molecular flexibility index (Phi) is 5.25. The number of nitrogens with zero attached hydrogens (tertiary/aromatic N) is 4. The normalized spacial score (nSPS) is 28.8. The number of Topliss-reactive ketones (excluding diaryl/α,β-unsaturated/α-hetero) is 1. The highest BCUT2D eigenvalue weighted by molar-refractivity contribution is 5.91. The molecule has 24 heavy (non-hydrogen) atoms. The van der Waals surface area contributed by atoms with Crippen LogP contribution in [-0.4, -0.2) is 71.0 Å². The van der Waals surface area contributed by atoms with Crippen LogP contribution in [0.2, 0.25) is 0 Å². The quantitative estimate of drug-likeness (QED) is 0.555. The summed E-state index contributed by atoms with van der Waals surface area (Å²) >= 11 is 0. The van der Waals surface area contributed by atoms with E-state index >= 15 is 0 Å². The topological polar surface area (TPSA) is 89.4 Å². The second-order valence-corrected chi connectivity index (χ2v) is 6.71. The van der Waals surface area contributed by atoms with Crippen LogP contribution in [0.1, 0.15) is 30.3 Å². The SMILES string of the molecule is COCCNC(=O)[C@H]1CN2CCC1C[C@@H]2Cn1cc(C(C)=O)nn1. The first-order chi connectivity index (χ1) is 11.6. The van der Waals surface area contributed by atoms with E-state index in [-0.39, 0.29) is 17.6 Å². The van der Waals surface area contributed by atoms with Gasteiger partial charge in [0, 0.05) is 33.2 Å². The number of carbonyl (C=O) groups is 2. The fourth-order valence-electron chi connectivity index (χ4n) is 3.80. The molecule has 4 rings (SSSR count). The molecule has 8 heteroatoms. The number of rotatable bonds is 7. The Morgan fingerprint density at radius 3 is 2.92 bits per heavy atom. The maximum absolute atomic E-state index is 12.3. The van der Waals surface area contributed by atoms with Gasteiger partial charge in [0.2, 0.25) is 5.91 Å². The monoisotopic (exact) mass is 335 g/mol. The van der Waals surface area contributed by atoms with Gasteiger partial charge in [-0.2, -0.15) is 0 Å². The molecule has 0 saturated carbocycles. The Balaban J connectivity index is 1.56. The Morgan fingerprint density at radius 1 is 1.46 bits per heavy atom. The molecule has 1 aromatic heterocycles. The van der Waals surface area contributed by atoms with Crippen molar-refractivity contribution in [2.24, 2.45) is 11.8 Å². The van der Waals surface area contributed by atoms with Crippen LogP contribution in [0.15, 0.2) is 6.20 Å². The van der Waals surface area contributed by atoms with Crippen molar-refractivity contribution in [3.63, 3.8) is 0 Å². The van der Waals surface area contributed by atoms with Crippen LogP contribution in [-0.2, 0) is 16.1 Å². The fraction of sp³-hybridized carbons (Fsp3) is 0.750. The van der Waals surface area contributed by atoms with Gasteiger partial charge in [-0.25, -0.2) is 0 Å². The molecule has 132 valence electrons. The highest BCUT2D eigenvalue weighted by atomic mass is 16.5. The minimum atomic E-state index is -0.0699. The number of methoxy groups -OCH3 is 1. The number of fused-ring (bicyclic) bond motifs is 3. The Labute approximate surface area is 141 Å². The molecule has 3 fully saturated rings. The van der Waals surface area contributed by atoms with E-state index < -0.39 is 0 Å². The van der Waals surface area contributed by atoms with Crippen molar-refractivity contribution in [1.82, 2.24) is 25.2 Å². The summed E-state index contributed by atoms with van der Waals surface area (Å²) in [5.74, 6) is 0.549. The molecule has 0 aliphatic carbocycles. The molecule has 4 atom stereocenters. The summed E-state index contributed by atoms with van der Waals surface area (Å²) in [7, 11) is 1.63.